The van der Waals surface area contributed by atoms with Gasteiger partial charge in [0.1, 0.15) is 5.82 Å². The molecule has 1 unspecified atom stereocenters. The van der Waals surface area contributed by atoms with Crippen molar-refractivity contribution in [2.24, 2.45) is 0 Å². The fraction of sp³-hybridized carbons (Fsp3) is 0.385. The molecule has 1 atom stereocenters. The number of carboxylic acid groups (broad SMARTS) is 1. The van der Waals surface area contributed by atoms with Gasteiger partial charge in [-0.05, 0) is 31.0 Å². The van der Waals surface area contributed by atoms with E-state index in [-0.39, 0.29) is 16.7 Å². The lowest BCUT2D eigenvalue weighted by atomic mass is 10.2. The van der Waals surface area contributed by atoms with Crippen LogP contribution in [0.3, 0.4) is 0 Å². The molecule has 0 aliphatic carbocycles. The normalized spacial score (nSPS) is 19.6. The van der Waals surface area contributed by atoms with Crippen LogP contribution in [0.5, 0.6) is 0 Å². The van der Waals surface area contributed by atoms with E-state index in [0.717, 1.165) is 25.3 Å². The first kappa shape index (κ1) is 13.9. The van der Waals surface area contributed by atoms with Crippen LogP contribution < -0.4 is 5.32 Å². The van der Waals surface area contributed by atoms with E-state index in [4.69, 9.17) is 5.11 Å². The van der Waals surface area contributed by atoms with Gasteiger partial charge in [-0.25, -0.2) is 9.18 Å². The Morgan fingerprint density at radius 3 is 2.95 bits per heavy atom. The molecule has 1 fully saturated rings. The molecule has 1 aliphatic heterocycles. The van der Waals surface area contributed by atoms with Crippen LogP contribution in [0, 0.1) is 5.82 Å². The summed E-state index contributed by atoms with van der Waals surface area (Å²) in [7, 11) is 0. The molecule has 1 heterocycles. The Kier molecular flexibility index (Phi) is 4.42. The predicted molar refractivity (Wildman–Crippen MR) is 69.9 cm³/mol. The number of thioether (sulfide) groups is 1. The topological polar surface area (TPSA) is 66.4 Å². The molecule has 0 bridgehead atoms. The van der Waals surface area contributed by atoms with E-state index in [2.05, 4.69) is 5.32 Å². The fourth-order valence-corrected chi connectivity index (χ4v) is 3.07. The van der Waals surface area contributed by atoms with Crippen LogP contribution in [0.2, 0.25) is 0 Å². The summed E-state index contributed by atoms with van der Waals surface area (Å²) in [5, 5.41) is 11.4. The molecule has 2 N–H and O–H groups in total. The van der Waals surface area contributed by atoms with Gasteiger partial charge in [0.25, 0.3) is 0 Å². The zero-order valence-corrected chi connectivity index (χ0v) is 11.0. The number of rotatable bonds is 3. The molecule has 4 nitrogen and oxygen atoms in total. The van der Waals surface area contributed by atoms with Crippen LogP contribution in [-0.2, 0) is 4.79 Å². The minimum Gasteiger partial charge on any atom is -0.478 e. The Morgan fingerprint density at radius 1 is 1.42 bits per heavy atom. The highest BCUT2D eigenvalue weighted by Crippen LogP contribution is 2.29. The molecular formula is C13H14FNO3S. The average Bonchev–Trinajstić information content (AvgIpc) is 2.57. The number of carboxylic acids is 1. The Morgan fingerprint density at radius 2 is 2.21 bits per heavy atom. The minimum atomic E-state index is -1.30. The van der Waals surface area contributed by atoms with Gasteiger partial charge in [0.15, 0.2) is 0 Å². The van der Waals surface area contributed by atoms with E-state index in [0.29, 0.717) is 11.4 Å². The van der Waals surface area contributed by atoms with Gasteiger partial charge in [-0.1, -0.05) is 6.42 Å². The van der Waals surface area contributed by atoms with Crippen molar-refractivity contribution in [2.75, 3.05) is 6.54 Å². The Hall–Kier alpha value is -1.56. The van der Waals surface area contributed by atoms with Crippen molar-refractivity contribution in [2.45, 2.75) is 29.4 Å². The van der Waals surface area contributed by atoms with Crippen LogP contribution in [0.4, 0.5) is 4.39 Å². The fourth-order valence-electron chi connectivity index (χ4n) is 1.93. The van der Waals surface area contributed by atoms with Gasteiger partial charge in [-0.2, -0.15) is 0 Å². The summed E-state index contributed by atoms with van der Waals surface area (Å²) in [5.41, 5.74) is -0.362. The van der Waals surface area contributed by atoms with Crippen LogP contribution >= 0.6 is 11.8 Å². The molecule has 0 aromatic heterocycles. The second-order valence-corrected chi connectivity index (χ2v) is 5.62. The highest BCUT2D eigenvalue weighted by atomic mass is 32.2. The van der Waals surface area contributed by atoms with Gasteiger partial charge in [-0.3, -0.25) is 4.79 Å². The number of hydrogen-bond donors (Lipinski definition) is 2. The van der Waals surface area contributed by atoms with Crippen LogP contribution in [0.25, 0.3) is 0 Å². The van der Waals surface area contributed by atoms with Crippen molar-refractivity contribution < 1.29 is 19.1 Å². The molecule has 1 saturated heterocycles. The molecule has 19 heavy (non-hydrogen) atoms. The number of nitrogens with one attached hydrogen (secondary N) is 1. The Bertz CT molecular complexity index is 507. The van der Waals surface area contributed by atoms with Crippen LogP contribution in [0.1, 0.15) is 29.6 Å². The van der Waals surface area contributed by atoms with E-state index in [1.54, 1.807) is 0 Å². The van der Waals surface area contributed by atoms with Gasteiger partial charge in [0, 0.05) is 11.4 Å². The summed E-state index contributed by atoms with van der Waals surface area (Å²) in [6.07, 6.45) is 2.65. The van der Waals surface area contributed by atoms with Gasteiger partial charge >= 0.3 is 5.97 Å². The molecular weight excluding hydrogens is 269 g/mol. The lowest BCUT2D eigenvalue weighted by Gasteiger charge is -2.13. The average molecular weight is 283 g/mol. The van der Waals surface area contributed by atoms with Crippen LogP contribution in [0.15, 0.2) is 23.1 Å². The number of halogens is 1. The number of carbonyl (C=O) groups excluding carboxylic acids is 1. The molecule has 0 spiro atoms. The maximum absolute atomic E-state index is 13.3. The van der Waals surface area contributed by atoms with Gasteiger partial charge in [0.05, 0.1) is 10.8 Å². The second-order valence-electron chi connectivity index (χ2n) is 4.34. The van der Waals surface area contributed by atoms with E-state index in [9.17, 15) is 14.0 Å². The summed E-state index contributed by atoms with van der Waals surface area (Å²) < 4.78 is 13.3. The van der Waals surface area contributed by atoms with E-state index >= 15 is 0 Å². The molecule has 2 rings (SSSR count). The van der Waals surface area contributed by atoms with Crippen molar-refractivity contribution in [1.82, 2.24) is 5.32 Å². The van der Waals surface area contributed by atoms with E-state index in [1.165, 1.54) is 23.9 Å². The van der Waals surface area contributed by atoms with Crippen molar-refractivity contribution in [1.29, 1.82) is 0 Å². The third-order valence-electron chi connectivity index (χ3n) is 2.93. The molecule has 0 saturated carbocycles. The molecule has 1 aliphatic rings. The number of amides is 1. The first-order valence-corrected chi connectivity index (χ1v) is 6.93. The smallest absolute Gasteiger partial charge is 0.338 e. The van der Waals surface area contributed by atoms with Crippen molar-refractivity contribution in [3.63, 3.8) is 0 Å². The first-order chi connectivity index (χ1) is 9.08. The van der Waals surface area contributed by atoms with E-state index in [1.807, 2.05) is 0 Å². The molecule has 102 valence electrons. The zero-order chi connectivity index (χ0) is 13.8. The summed E-state index contributed by atoms with van der Waals surface area (Å²) in [6, 6.07) is 3.91. The molecule has 1 aromatic carbocycles. The summed E-state index contributed by atoms with van der Waals surface area (Å²) >= 11 is 1.28. The van der Waals surface area contributed by atoms with Crippen molar-refractivity contribution in [3.8, 4) is 0 Å². The Labute approximate surface area is 114 Å². The van der Waals surface area contributed by atoms with Gasteiger partial charge < -0.3 is 10.4 Å². The summed E-state index contributed by atoms with van der Waals surface area (Å²) in [4.78, 5) is 23.2. The molecule has 1 amide bonds. The number of benzene rings is 1. The monoisotopic (exact) mass is 283 g/mol. The maximum atomic E-state index is 13.3. The Balaban J connectivity index is 2.16. The lowest BCUT2D eigenvalue weighted by Crippen LogP contribution is -2.30. The SMILES string of the molecule is O=C(O)c1cc(SC2CCCCNC2=O)ccc1F. The highest BCUT2D eigenvalue weighted by molar-refractivity contribution is 8.00. The largest absolute Gasteiger partial charge is 0.478 e. The third kappa shape index (κ3) is 3.47. The zero-order valence-electron chi connectivity index (χ0n) is 10.2. The molecule has 1 aromatic rings. The maximum Gasteiger partial charge on any atom is 0.338 e. The van der Waals surface area contributed by atoms with Gasteiger partial charge in [-0.15, -0.1) is 11.8 Å². The number of aromatic carboxylic acids is 1. The van der Waals surface area contributed by atoms with Crippen molar-refractivity contribution >= 4 is 23.6 Å². The quantitative estimate of drug-likeness (QED) is 0.893. The van der Waals surface area contributed by atoms with E-state index < -0.39 is 11.8 Å². The third-order valence-corrected chi connectivity index (χ3v) is 4.19. The summed E-state index contributed by atoms with van der Waals surface area (Å²) in [5.74, 6) is -2.10. The second kappa shape index (κ2) is 6.06. The predicted octanol–water partition coefficient (Wildman–Crippen LogP) is 2.28. The minimum absolute atomic E-state index is 0.0382. The standard InChI is InChI=1S/C13H14FNO3S/c14-10-5-4-8(7-9(10)13(17)18)19-11-3-1-2-6-15-12(11)16/h4-5,7,11H,1-3,6H2,(H,15,16)(H,17,18). The highest BCUT2D eigenvalue weighted by Gasteiger charge is 2.22. The first-order valence-electron chi connectivity index (χ1n) is 6.05. The van der Waals surface area contributed by atoms with Crippen LogP contribution in [-0.4, -0.2) is 28.8 Å². The molecule has 6 heteroatoms. The van der Waals surface area contributed by atoms with Gasteiger partial charge in [0.2, 0.25) is 5.91 Å². The van der Waals surface area contributed by atoms with Crippen molar-refractivity contribution in [3.05, 3.63) is 29.6 Å². The number of carbonyl (C=O) groups is 2. The summed E-state index contributed by atoms with van der Waals surface area (Å²) in [6.45, 7) is 0.680. The number of hydrogen-bond acceptors (Lipinski definition) is 3. The lowest BCUT2D eigenvalue weighted by molar-refractivity contribution is -0.120. The molecule has 0 radical (unpaired) electrons.